The minimum Gasteiger partial charge on any atom is -0.394 e. The van der Waals surface area contributed by atoms with Crippen molar-refractivity contribution in [1.82, 2.24) is 4.98 Å². The van der Waals surface area contributed by atoms with E-state index >= 15 is 0 Å². The summed E-state index contributed by atoms with van der Waals surface area (Å²) in [6.45, 7) is -0.00421. The van der Waals surface area contributed by atoms with Crippen molar-refractivity contribution in [3.05, 3.63) is 35.5 Å². The lowest BCUT2D eigenvalue weighted by molar-refractivity contribution is 0.105. The van der Waals surface area contributed by atoms with Crippen LogP contribution in [0.15, 0.2) is 30.5 Å². The normalized spacial score (nSPS) is 12.6. The van der Waals surface area contributed by atoms with E-state index in [0.29, 0.717) is 5.02 Å². The highest BCUT2D eigenvalue weighted by Crippen LogP contribution is 2.27. The van der Waals surface area contributed by atoms with Gasteiger partial charge in [-0.15, -0.1) is 0 Å². The number of nitrogens with zero attached hydrogens (tertiary/aromatic N) is 1. The van der Waals surface area contributed by atoms with Crippen LogP contribution < -0.4 is 5.32 Å². The topological polar surface area (TPSA) is 65.4 Å². The predicted molar refractivity (Wildman–Crippen MR) is 68.3 cm³/mol. The first-order valence-electron chi connectivity index (χ1n) is 5.28. The summed E-state index contributed by atoms with van der Waals surface area (Å²) in [4.78, 5) is 4.25. The van der Waals surface area contributed by atoms with Gasteiger partial charge in [-0.3, -0.25) is 4.98 Å². The molecule has 90 valence electrons. The Morgan fingerprint density at radius 1 is 1.35 bits per heavy atom. The Bertz CT molecular complexity index is 519. The van der Waals surface area contributed by atoms with Crippen molar-refractivity contribution in [1.29, 1.82) is 0 Å². The molecule has 0 radical (unpaired) electrons. The summed E-state index contributed by atoms with van der Waals surface area (Å²) in [5.41, 5.74) is 1.54. The second-order valence-corrected chi connectivity index (χ2v) is 4.12. The van der Waals surface area contributed by atoms with Gasteiger partial charge in [0.15, 0.2) is 0 Å². The van der Waals surface area contributed by atoms with Gasteiger partial charge in [0.1, 0.15) is 0 Å². The molecule has 5 heteroatoms. The van der Waals surface area contributed by atoms with E-state index in [1.165, 1.54) is 0 Å². The number of halogens is 1. The van der Waals surface area contributed by atoms with Crippen molar-refractivity contribution in [2.75, 3.05) is 18.5 Å². The first kappa shape index (κ1) is 12.1. The fourth-order valence-electron chi connectivity index (χ4n) is 1.57. The molecule has 17 heavy (non-hydrogen) atoms. The van der Waals surface area contributed by atoms with E-state index in [2.05, 4.69) is 10.3 Å². The molecule has 0 aliphatic heterocycles. The zero-order chi connectivity index (χ0) is 12.3. The van der Waals surface area contributed by atoms with Gasteiger partial charge in [0.05, 0.1) is 28.9 Å². The van der Waals surface area contributed by atoms with Crippen molar-refractivity contribution in [2.24, 2.45) is 0 Å². The van der Waals surface area contributed by atoms with Crippen LogP contribution in [-0.4, -0.2) is 34.5 Å². The SMILES string of the molecule is OCC(O)CNc1ccc(Cl)c2cccnc12. The quantitative estimate of drug-likeness (QED) is 0.774. The van der Waals surface area contributed by atoms with Crippen LogP contribution in [0.3, 0.4) is 0 Å². The highest BCUT2D eigenvalue weighted by Gasteiger charge is 2.07. The third-order valence-electron chi connectivity index (χ3n) is 2.46. The maximum absolute atomic E-state index is 9.29. The number of pyridine rings is 1. The molecule has 1 atom stereocenters. The summed E-state index contributed by atoms with van der Waals surface area (Å²) < 4.78 is 0. The molecular formula is C12H13ClN2O2. The molecule has 3 N–H and O–H groups in total. The Morgan fingerprint density at radius 2 is 2.18 bits per heavy atom. The van der Waals surface area contributed by atoms with Gasteiger partial charge >= 0.3 is 0 Å². The van der Waals surface area contributed by atoms with Crippen LogP contribution in [0.4, 0.5) is 5.69 Å². The third kappa shape index (κ3) is 2.66. The van der Waals surface area contributed by atoms with Crippen LogP contribution in [0.1, 0.15) is 0 Å². The molecule has 0 saturated heterocycles. The van der Waals surface area contributed by atoms with Crippen LogP contribution in [0, 0.1) is 0 Å². The molecule has 1 unspecified atom stereocenters. The molecule has 0 amide bonds. The lowest BCUT2D eigenvalue weighted by atomic mass is 10.2. The number of aliphatic hydroxyl groups excluding tert-OH is 2. The van der Waals surface area contributed by atoms with Crippen molar-refractivity contribution in [3.63, 3.8) is 0 Å². The van der Waals surface area contributed by atoms with E-state index < -0.39 is 6.10 Å². The number of rotatable bonds is 4. The smallest absolute Gasteiger partial charge is 0.0948 e. The summed E-state index contributed by atoms with van der Waals surface area (Å²) >= 11 is 6.06. The molecule has 0 aliphatic carbocycles. The first-order chi connectivity index (χ1) is 8.22. The molecule has 1 heterocycles. The Hall–Kier alpha value is -1.36. The molecule has 1 aromatic carbocycles. The minimum atomic E-state index is -0.788. The van der Waals surface area contributed by atoms with Gasteiger partial charge in [-0.25, -0.2) is 0 Å². The fraction of sp³-hybridized carbons (Fsp3) is 0.250. The Kier molecular flexibility index (Phi) is 3.78. The number of hydrogen-bond donors (Lipinski definition) is 3. The van der Waals surface area contributed by atoms with E-state index in [-0.39, 0.29) is 13.2 Å². The average molecular weight is 253 g/mol. The highest BCUT2D eigenvalue weighted by molar-refractivity contribution is 6.35. The lowest BCUT2D eigenvalue weighted by Gasteiger charge is -2.12. The molecule has 2 aromatic rings. The molecule has 1 aromatic heterocycles. The van der Waals surface area contributed by atoms with E-state index in [0.717, 1.165) is 16.6 Å². The number of nitrogens with one attached hydrogen (secondary N) is 1. The molecule has 0 bridgehead atoms. The number of hydrogen-bond acceptors (Lipinski definition) is 4. The fourth-order valence-corrected chi connectivity index (χ4v) is 1.79. The molecule has 2 rings (SSSR count). The number of fused-ring (bicyclic) bond motifs is 1. The van der Waals surface area contributed by atoms with E-state index in [9.17, 15) is 5.11 Å². The summed E-state index contributed by atoms with van der Waals surface area (Å²) in [6, 6.07) is 7.29. The van der Waals surface area contributed by atoms with Gasteiger partial charge in [0.25, 0.3) is 0 Å². The monoisotopic (exact) mass is 252 g/mol. The predicted octanol–water partition coefficient (Wildman–Crippen LogP) is 1.65. The number of aliphatic hydroxyl groups is 2. The van der Waals surface area contributed by atoms with Gasteiger partial charge in [-0.2, -0.15) is 0 Å². The second kappa shape index (κ2) is 5.31. The lowest BCUT2D eigenvalue weighted by Crippen LogP contribution is -2.23. The zero-order valence-corrected chi connectivity index (χ0v) is 9.85. The van der Waals surface area contributed by atoms with Crippen molar-refractivity contribution in [2.45, 2.75) is 6.10 Å². The second-order valence-electron chi connectivity index (χ2n) is 3.71. The average Bonchev–Trinajstić information content (AvgIpc) is 2.38. The summed E-state index contributed by atoms with van der Waals surface area (Å²) in [7, 11) is 0. The van der Waals surface area contributed by atoms with Gasteiger partial charge in [-0.05, 0) is 24.3 Å². The Balaban J connectivity index is 2.32. The van der Waals surface area contributed by atoms with E-state index in [1.54, 1.807) is 12.3 Å². The molecule has 4 nitrogen and oxygen atoms in total. The maximum Gasteiger partial charge on any atom is 0.0948 e. The summed E-state index contributed by atoms with van der Waals surface area (Å²) in [5, 5.41) is 22.6. The molecule has 0 aliphatic rings. The summed E-state index contributed by atoms with van der Waals surface area (Å²) in [6.07, 6.45) is 0.899. The number of anilines is 1. The van der Waals surface area contributed by atoms with Gasteiger partial charge < -0.3 is 15.5 Å². The van der Waals surface area contributed by atoms with E-state index in [4.69, 9.17) is 16.7 Å². The Morgan fingerprint density at radius 3 is 2.94 bits per heavy atom. The van der Waals surface area contributed by atoms with Crippen molar-refractivity contribution >= 4 is 28.2 Å². The maximum atomic E-state index is 9.29. The molecular weight excluding hydrogens is 240 g/mol. The molecule has 0 fully saturated rings. The van der Waals surface area contributed by atoms with Crippen LogP contribution in [0.5, 0.6) is 0 Å². The third-order valence-corrected chi connectivity index (χ3v) is 2.78. The number of aromatic nitrogens is 1. The highest BCUT2D eigenvalue weighted by atomic mass is 35.5. The number of benzene rings is 1. The van der Waals surface area contributed by atoms with Crippen LogP contribution >= 0.6 is 11.6 Å². The van der Waals surface area contributed by atoms with E-state index in [1.807, 2.05) is 18.2 Å². The standard InChI is InChI=1S/C12H13ClN2O2/c13-10-3-4-11(15-6-8(17)7-16)12-9(10)2-1-5-14-12/h1-5,8,15-17H,6-7H2. The van der Waals surface area contributed by atoms with Gasteiger partial charge in [0.2, 0.25) is 0 Å². The van der Waals surface area contributed by atoms with Gasteiger partial charge in [0, 0.05) is 18.1 Å². The minimum absolute atomic E-state index is 0.268. The van der Waals surface area contributed by atoms with Crippen LogP contribution in [-0.2, 0) is 0 Å². The largest absolute Gasteiger partial charge is 0.394 e. The molecule has 0 spiro atoms. The van der Waals surface area contributed by atoms with Crippen molar-refractivity contribution in [3.8, 4) is 0 Å². The van der Waals surface area contributed by atoms with Crippen molar-refractivity contribution < 1.29 is 10.2 Å². The van der Waals surface area contributed by atoms with Crippen LogP contribution in [0.2, 0.25) is 5.02 Å². The van der Waals surface area contributed by atoms with Crippen LogP contribution in [0.25, 0.3) is 10.9 Å². The summed E-state index contributed by atoms with van der Waals surface area (Å²) in [5.74, 6) is 0. The zero-order valence-electron chi connectivity index (χ0n) is 9.10. The van der Waals surface area contributed by atoms with Gasteiger partial charge in [-0.1, -0.05) is 11.6 Å². The molecule has 0 saturated carbocycles. The first-order valence-corrected chi connectivity index (χ1v) is 5.66. The Labute approximate surface area is 104 Å².